The molecule has 0 unspecified atom stereocenters. The Morgan fingerprint density at radius 2 is 1.73 bits per heavy atom. The molecule has 2 N–H and O–H groups in total. The van der Waals surface area contributed by atoms with Gasteiger partial charge in [-0.1, -0.05) is 6.07 Å². The second-order valence-electron chi connectivity index (χ2n) is 10.2. The van der Waals surface area contributed by atoms with Gasteiger partial charge in [0, 0.05) is 24.7 Å². The number of amides is 1. The van der Waals surface area contributed by atoms with E-state index in [0.29, 0.717) is 4.21 Å². The van der Waals surface area contributed by atoms with Crippen molar-refractivity contribution in [2.24, 2.45) is 17.8 Å². The molecular weight excluding hydrogens is 418 g/mol. The van der Waals surface area contributed by atoms with E-state index in [0.717, 1.165) is 43.7 Å². The zero-order valence-electron chi connectivity index (χ0n) is 17.7. The third kappa shape index (κ3) is 4.08. The fourth-order valence-electron chi connectivity index (χ4n) is 6.89. The van der Waals surface area contributed by atoms with E-state index < -0.39 is 10.0 Å². The van der Waals surface area contributed by atoms with Crippen LogP contribution in [0.25, 0.3) is 0 Å². The SMILES string of the molecule is C[C@H](C(=O)NC12CC3CC(CC(C3)C1)C2)N1CCC(NS(=O)(=O)c2cccs2)CC1. The zero-order valence-corrected chi connectivity index (χ0v) is 19.3. The molecule has 1 aromatic rings. The number of sulfonamides is 1. The van der Waals surface area contributed by atoms with E-state index in [-0.39, 0.29) is 23.5 Å². The molecule has 1 saturated heterocycles. The molecule has 8 heteroatoms. The van der Waals surface area contributed by atoms with Crippen molar-refractivity contribution in [3.8, 4) is 0 Å². The van der Waals surface area contributed by atoms with Gasteiger partial charge in [0.05, 0.1) is 6.04 Å². The molecule has 2 heterocycles. The maximum absolute atomic E-state index is 13.1. The predicted molar refractivity (Wildman–Crippen MR) is 118 cm³/mol. The Morgan fingerprint density at radius 1 is 1.13 bits per heavy atom. The molecular formula is C22H33N3O3S2. The zero-order chi connectivity index (χ0) is 20.9. The lowest BCUT2D eigenvalue weighted by molar-refractivity contribution is -0.132. The Balaban J connectivity index is 1.14. The first-order chi connectivity index (χ1) is 14.3. The fourth-order valence-corrected chi connectivity index (χ4v) is 9.21. The quantitative estimate of drug-likeness (QED) is 0.697. The number of carbonyl (C=O) groups is 1. The Bertz CT molecular complexity index is 840. The van der Waals surface area contributed by atoms with E-state index in [1.807, 2.05) is 6.92 Å². The van der Waals surface area contributed by atoms with Crippen molar-refractivity contribution >= 4 is 27.3 Å². The average Bonchev–Trinajstić information content (AvgIpc) is 3.22. The van der Waals surface area contributed by atoms with Crippen molar-refractivity contribution in [1.82, 2.24) is 14.9 Å². The minimum atomic E-state index is -3.43. The van der Waals surface area contributed by atoms with Crippen molar-refractivity contribution in [1.29, 1.82) is 0 Å². The largest absolute Gasteiger partial charge is 0.349 e. The standard InChI is InChI=1S/C22H33N3O3S2/c1-15(21(26)23-22-12-16-9-17(13-22)11-18(10-16)14-22)25-6-4-19(5-7-25)24-30(27,28)20-3-2-8-29-20/h2-3,8,15-19,24H,4-7,9-14H2,1H3,(H,23,26)/t15-,16?,17?,18?,22?/m1/s1. The normalized spacial score (nSPS) is 35.4. The van der Waals surface area contributed by atoms with E-state index in [2.05, 4.69) is 14.9 Å². The summed E-state index contributed by atoms with van der Waals surface area (Å²) < 4.78 is 28.1. The van der Waals surface area contributed by atoms with Gasteiger partial charge in [-0.2, -0.15) is 0 Å². The Morgan fingerprint density at radius 3 is 2.27 bits per heavy atom. The van der Waals surface area contributed by atoms with Crippen LogP contribution in [0.5, 0.6) is 0 Å². The van der Waals surface area contributed by atoms with Crippen LogP contribution in [0.15, 0.2) is 21.7 Å². The predicted octanol–water partition coefficient (Wildman–Crippen LogP) is 2.96. The van der Waals surface area contributed by atoms with Crippen LogP contribution in [0.4, 0.5) is 0 Å². The van der Waals surface area contributed by atoms with Crippen molar-refractivity contribution in [2.45, 2.75) is 80.1 Å². The second-order valence-corrected chi connectivity index (χ2v) is 13.1. The lowest BCUT2D eigenvalue weighted by atomic mass is 9.53. The van der Waals surface area contributed by atoms with Gasteiger partial charge < -0.3 is 5.32 Å². The molecule has 1 amide bonds. The molecule has 0 aromatic carbocycles. The molecule has 5 fully saturated rings. The molecule has 6 nitrogen and oxygen atoms in total. The number of thiophene rings is 1. The molecule has 1 aliphatic heterocycles. The number of nitrogens with zero attached hydrogens (tertiary/aromatic N) is 1. The van der Waals surface area contributed by atoms with Crippen LogP contribution in [-0.2, 0) is 14.8 Å². The molecule has 30 heavy (non-hydrogen) atoms. The van der Waals surface area contributed by atoms with E-state index >= 15 is 0 Å². The minimum Gasteiger partial charge on any atom is -0.349 e. The summed E-state index contributed by atoms with van der Waals surface area (Å²) in [4.78, 5) is 15.3. The third-order valence-corrected chi connectivity index (χ3v) is 10.9. The maximum Gasteiger partial charge on any atom is 0.250 e. The van der Waals surface area contributed by atoms with Crippen LogP contribution in [-0.4, -0.2) is 49.9 Å². The topological polar surface area (TPSA) is 78.5 Å². The summed E-state index contributed by atoms with van der Waals surface area (Å²) >= 11 is 1.24. The summed E-state index contributed by atoms with van der Waals surface area (Å²) in [5, 5.41) is 5.28. The van der Waals surface area contributed by atoms with Crippen molar-refractivity contribution < 1.29 is 13.2 Å². The van der Waals surface area contributed by atoms with Gasteiger partial charge in [0.15, 0.2) is 0 Å². The smallest absolute Gasteiger partial charge is 0.250 e. The summed E-state index contributed by atoms with van der Waals surface area (Å²) in [6, 6.07) is 3.17. The highest BCUT2D eigenvalue weighted by molar-refractivity contribution is 7.91. The van der Waals surface area contributed by atoms with Crippen molar-refractivity contribution in [3.05, 3.63) is 17.5 Å². The molecule has 0 radical (unpaired) electrons. The van der Waals surface area contributed by atoms with Crippen LogP contribution in [0.2, 0.25) is 0 Å². The van der Waals surface area contributed by atoms with Gasteiger partial charge in [0.2, 0.25) is 15.9 Å². The van der Waals surface area contributed by atoms with Crippen molar-refractivity contribution in [3.63, 3.8) is 0 Å². The molecule has 0 spiro atoms. The van der Waals surface area contributed by atoms with Crippen LogP contribution >= 0.6 is 11.3 Å². The summed E-state index contributed by atoms with van der Waals surface area (Å²) in [6.07, 6.45) is 9.11. The second kappa shape index (κ2) is 7.87. The number of nitrogens with one attached hydrogen (secondary N) is 2. The van der Waals surface area contributed by atoms with E-state index in [9.17, 15) is 13.2 Å². The Kier molecular flexibility index (Phi) is 5.49. The number of rotatable bonds is 6. The Hall–Kier alpha value is -0.960. The highest BCUT2D eigenvalue weighted by Crippen LogP contribution is 2.55. The highest BCUT2D eigenvalue weighted by atomic mass is 32.2. The van der Waals surface area contributed by atoms with Gasteiger partial charge in [0.25, 0.3) is 0 Å². The van der Waals surface area contributed by atoms with E-state index in [4.69, 9.17) is 0 Å². The average molecular weight is 452 g/mol. The first-order valence-electron chi connectivity index (χ1n) is 11.4. The monoisotopic (exact) mass is 451 g/mol. The van der Waals surface area contributed by atoms with Gasteiger partial charge in [-0.25, -0.2) is 13.1 Å². The summed E-state index contributed by atoms with van der Waals surface area (Å²) in [5.74, 6) is 2.62. The molecule has 4 bridgehead atoms. The number of hydrogen-bond donors (Lipinski definition) is 2. The summed E-state index contributed by atoms with van der Waals surface area (Å²) in [5.41, 5.74) is 0.0504. The van der Waals surface area contributed by atoms with Gasteiger partial charge in [0.1, 0.15) is 4.21 Å². The molecule has 1 aromatic heterocycles. The van der Waals surface area contributed by atoms with Gasteiger partial charge in [-0.3, -0.25) is 9.69 Å². The van der Waals surface area contributed by atoms with E-state index in [1.165, 1.54) is 49.9 Å². The maximum atomic E-state index is 13.1. The first kappa shape index (κ1) is 20.9. The number of hydrogen-bond acceptors (Lipinski definition) is 5. The number of piperidine rings is 1. The lowest BCUT2D eigenvalue weighted by Crippen LogP contribution is -2.62. The van der Waals surface area contributed by atoms with Crippen LogP contribution in [0.3, 0.4) is 0 Å². The van der Waals surface area contributed by atoms with Gasteiger partial charge in [-0.05, 0) is 87.5 Å². The third-order valence-electron chi connectivity index (χ3n) is 7.97. The van der Waals surface area contributed by atoms with E-state index in [1.54, 1.807) is 17.5 Å². The molecule has 5 aliphatic rings. The molecule has 1 atom stereocenters. The highest BCUT2D eigenvalue weighted by Gasteiger charge is 2.51. The number of carbonyl (C=O) groups excluding carboxylic acids is 1. The molecule has 4 aliphatic carbocycles. The fraction of sp³-hybridized carbons (Fsp3) is 0.773. The minimum absolute atomic E-state index is 0.0504. The van der Waals surface area contributed by atoms with Crippen molar-refractivity contribution in [2.75, 3.05) is 13.1 Å². The molecule has 166 valence electrons. The van der Waals surface area contributed by atoms with Gasteiger partial charge >= 0.3 is 0 Å². The Labute approximate surface area is 183 Å². The number of likely N-dealkylation sites (tertiary alicyclic amines) is 1. The van der Waals surface area contributed by atoms with Crippen LogP contribution < -0.4 is 10.0 Å². The molecule has 6 rings (SSSR count). The summed E-state index contributed by atoms with van der Waals surface area (Å²) in [7, 11) is -3.43. The van der Waals surface area contributed by atoms with Gasteiger partial charge in [-0.15, -0.1) is 11.3 Å². The van der Waals surface area contributed by atoms with Crippen LogP contribution in [0, 0.1) is 17.8 Å². The summed E-state index contributed by atoms with van der Waals surface area (Å²) in [6.45, 7) is 3.49. The lowest BCUT2D eigenvalue weighted by Gasteiger charge is -2.57. The van der Waals surface area contributed by atoms with Crippen LogP contribution in [0.1, 0.15) is 58.3 Å². The first-order valence-corrected chi connectivity index (χ1v) is 13.8. The molecule has 4 saturated carbocycles.